The number of rotatable bonds is 7. The van der Waals surface area contributed by atoms with Gasteiger partial charge >= 0.3 is 6.61 Å². The minimum absolute atomic E-state index is 0.322. The summed E-state index contributed by atoms with van der Waals surface area (Å²) in [4.78, 5) is 13.4. The Hall–Kier alpha value is -2.55. The normalized spacial score (nSPS) is 11.2. The zero-order valence-electron chi connectivity index (χ0n) is 14.4. The number of pyridine rings is 1. The van der Waals surface area contributed by atoms with Crippen molar-refractivity contribution in [1.29, 1.82) is 0 Å². The number of thioether (sulfide) groups is 1. The third kappa shape index (κ3) is 3.52. The lowest BCUT2D eigenvalue weighted by atomic mass is 10.2. The Bertz CT molecular complexity index is 918. The molecule has 0 aliphatic carbocycles. The third-order valence-electron chi connectivity index (χ3n) is 3.77. The molecule has 0 unspecified atom stereocenters. The summed E-state index contributed by atoms with van der Waals surface area (Å²) in [6.45, 7) is -1.09. The van der Waals surface area contributed by atoms with Gasteiger partial charge < -0.3 is 14.3 Å². The first-order valence-corrected chi connectivity index (χ1v) is 8.65. The molecule has 2 aromatic heterocycles. The molecule has 3 aromatic rings. The van der Waals surface area contributed by atoms with Crippen LogP contribution >= 0.6 is 11.8 Å². The van der Waals surface area contributed by atoms with Gasteiger partial charge in [0.15, 0.2) is 11.5 Å². The Kier molecular flexibility index (Phi) is 5.46. The number of hydrogen-bond donors (Lipinski definition) is 0. The lowest BCUT2D eigenvalue weighted by molar-refractivity contribution is -0.135. The number of aromatic nitrogens is 3. The Labute approximate surface area is 153 Å². The molecule has 2 heterocycles. The van der Waals surface area contributed by atoms with Crippen molar-refractivity contribution in [2.45, 2.75) is 24.4 Å². The molecule has 6 nitrogen and oxygen atoms in total. The van der Waals surface area contributed by atoms with Gasteiger partial charge in [-0.15, -0.1) is 0 Å². The molecule has 9 heteroatoms. The second kappa shape index (κ2) is 7.77. The molecular weight excluding hydrogens is 364 g/mol. The van der Waals surface area contributed by atoms with Crippen molar-refractivity contribution in [3.63, 3.8) is 0 Å². The Morgan fingerprint density at radius 2 is 1.96 bits per heavy atom. The molecule has 0 amide bonds. The number of benzene rings is 1. The number of methoxy groups -OCH3 is 2. The third-order valence-corrected chi connectivity index (χ3v) is 4.71. The maximum atomic E-state index is 12.8. The molecule has 0 N–H and O–H groups in total. The van der Waals surface area contributed by atoms with E-state index in [1.807, 2.05) is 6.92 Å². The van der Waals surface area contributed by atoms with Crippen LogP contribution in [0.1, 0.15) is 11.3 Å². The number of ether oxygens (including phenoxy) is 2. The van der Waals surface area contributed by atoms with Crippen molar-refractivity contribution in [2.24, 2.45) is 0 Å². The van der Waals surface area contributed by atoms with E-state index in [0.29, 0.717) is 33.4 Å². The van der Waals surface area contributed by atoms with E-state index in [9.17, 15) is 8.78 Å². The van der Waals surface area contributed by atoms with Gasteiger partial charge in [-0.2, -0.15) is 13.5 Å². The van der Waals surface area contributed by atoms with Crippen LogP contribution in [-0.4, -0.2) is 35.5 Å². The first-order valence-electron chi connectivity index (χ1n) is 7.67. The van der Waals surface area contributed by atoms with Gasteiger partial charge in [-0.3, -0.25) is 4.98 Å². The summed E-state index contributed by atoms with van der Waals surface area (Å²) in [5, 5.41) is 0.322. The number of alkyl halides is 2. The minimum Gasteiger partial charge on any atom is -0.492 e. The van der Waals surface area contributed by atoms with E-state index >= 15 is 0 Å². The highest BCUT2D eigenvalue weighted by molar-refractivity contribution is 7.98. The number of hydrogen-bond acceptors (Lipinski definition) is 6. The fraction of sp³-hybridized carbons (Fsp3) is 0.294. The zero-order valence-corrected chi connectivity index (χ0v) is 15.2. The van der Waals surface area contributed by atoms with Gasteiger partial charge in [-0.25, -0.2) is 4.98 Å². The molecule has 0 atom stereocenters. The average Bonchev–Trinajstić information content (AvgIpc) is 2.97. The van der Waals surface area contributed by atoms with Crippen molar-refractivity contribution < 1.29 is 23.1 Å². The van der Waals surface area contributed by atoms with Crippen LogP contribution in [0.4, 0.5) is 8.78 Å². The van der Waals surface area contributed by atoms with Crippen molar-refractivity contribution in [3.8, 4) is 11.5 Å². The Morgan fingerprint density at radius 3 is 2.65 bits per heavy atom. The van der Waals surface area contributed by atoms with Gasteiger partial charge in [0.1, 0.15) is 5.52 Å². The van der Waals surface area contributed by atoms with Gasteiger partial charge in [-0.05, 0) is 19.1 Å². The standard InChI is InChI=1S/C17H17F2N3O3S/c1-10-12(20-8-14(23-2)15(10)24-3)9-26-17-21-11-6-4-5-7-13(11)22(17)25-16(18)19/h4-8,16H,9H2,1-3H3. The van der Waals surface area contributed by atoms with Crippen molar-refractivity contribution in [3.05, 3.63) is 41.7 Å². The van der Waals surface area contributed by atoms with Crippen LogP contribution < -0.4 is 14.3 Å². The average molecular weight is 381 g/mol. The Morgan fingerprint density at radius 1 is 1.19 bits per heavy atom. The molecule has 0 aliphatic rings. The van der Waals surface area contributed by atoms with E-state index in [0.717, 1.165) is 16.0 Å². The van der Waals surface area contributed by atoms with Crippen LogP contribution in [0.3, 0.4) is 0 Å². The summed E-state index contributed by atoms with van der Waals surface area (Å²) in [5.74, 6) is 1.53. The molecule has 0 aliphatic heterocycles. The molecule has 0 radical (unpaired) electrons. The van der Waals surface area contributed by atoms with Crippen LogP contribution in [0.15, 0.2) is 35.6 Å². The molecule has 26 heavy (non-hydrogen) atoms. The summed E-state index contributed by atoms with van der Waals surface area (Å²) in [5.41, 5.74) is 2.61. The molecule has 138 valence electrons. The summed E-state index contributed by atoms with van der Waals surface area (Å²) in [7, 11) is 3.09. The van der Waals surface area contributed by atoms with E-state index in [1.54, 1.807) is 37.6 Å². The second-order valence-corrected chi connectivity index (χ2v) is 6.21. The van der Waals surface area contributed by atoms with Gasteiger partial charge in [0.25, 0.3) is 0 Å². The summed E-state index contributed by atoms with van der Waals surface area (Å²) < 4.78 is 37.2. The second-order valence-electron chi connectivity index (χ2n) is 5.26. The quantitative estimate of drug-likeness (QED) is 0.582. The molecule has 1 aromatic carbocycles. The van der Waals surface area contributed by atoms with Crippen LogP contribution in [0, 0.1) is 6.92 Å². The maximum absolute atomic E-state index is 12.8. The van der Waals surface area contributed by atoms with Gasteiger partial charge in [0, 0.05) is 11.3 Å². The van der Waals surface area contributed by atoms with Crippen LogP contribution in [-0.2, 0) is 5.75 Å². The lowest BCUT2D eigenvalue weighted by Gasteiger charge is -2.13. The minimum atomic E-state index is -2.95. The molecule has 0 saturated carbocycles. The van der Waals surface area contributed by atoms with E-state index in [4.69, 9.17) is 9.47 Å². The van der Waals surface area contributed by atoms with Crippen molar-refractivity contribution in [2.75, 3.05) is 14.2 Å². The monoisotopic (exact) mass is 381 g/mol. The summed E-state index contributed by atoms with van der Waals surface area (Å²) in [6, 6.07) is 6.94. The van der Waals surface area contributed by atoms with E-state index in [-0.39, 0.29) is 0 Å². The number of fused-ring (bicyclic) bond motifs is 1. The topological polar surface area (TPSA) is 58.4 Å². The largest absolute Gasteiger partial charge is 0.492 e. The molecule has 0 fully saturated rings. The molecule has 0 saturated heterocycles. The van der Waals surface area contributed by atoms with Crippen molar-refractivity contribution >= 4 is 22.8 Å². The highest BCUT2D eigenvalue weighted by Crippen LogP contribution is 2.34. The number of nitrogens with zero attached hydrogens (tertiary/aromatic N) is 3. The molecule has 3 rings (SSSR count). The van der Waals surface area contributed by atoms with Crippen LogP contribution in [0.25, 0.3) is 11.0 Å². The van der Waals surface area contributed by atoms with Gasteiger partial charge in [0.2, 0.25) is 5.16 Å². The lowest BCUT2D eigenvalue weighted by Crippen LogP contribution is -2.17. The highest BCUT2D eigenvalue weighted by Gasteiger charge is 2.18. The molecule has 0 spiro atoms. The predicted molar refractivity (Wildman–Crippen MR) is 94.0 cm³/mol. The summed E-state index contributed by atoms with van der Waals surface area (Å²) >= 11 is 1.25. The first-order chi connectivity index (χ1) is 12.5. The number of imidazole rings is 1. The zero-order chi connectivity index (χ0) is 18.7. The van der Waals surface area contributed by atoms with Crippen molar-refractivity contribution in [1.82, 2.24) is 14.7 Å². The maximum Gasteiger partial charge on any atom is 0.405 e. The van der Waals surface area contributed by atoms with E-state index in [1.165, 1.54) is 18.9 Å². The summed E-state index contributed by atoms with van der Waals surface area (Å²) in [6.07, 6.45) is 1.57. The first kappa shape index (κ1) is 18.2. The molecule has 0 bridgehead atoms. The smallest absolute Gasteiger partial charge is 0.405 e. The SMILES string of the molecule is COc1cnc(CSc2nc3ccccc3n2OC(F)F)c(C)c1OC. The number of halogens is 2. The van der Waals surface area contributed by atoms with Gasteiger partial charge in [0.05, 0.1) is 31.6 Å². The van der Waals surface area contributed by atoms with E-state index < -0.39 is 6.61 Å². The number of para-hydroxylation sites is 2. The highest BCUT2D eigenvalue weighted by atomic mass is 32.2. The Balaban J connectivity index is 1.90. The molecular formula is C17H17F2N3O3S. The van der Waals surface area contributed by atoms with E-state index in [2.05, 4.69) is 14.8 Å². The fourth-order valence-electron chi connectivity index (χ4n) is 2.54. The van der Waals surface area contributed by atoms with Crippen LogP contribution in [0.2, 0.25) is 0 Å². The predicted octanol–water partition coefficient (Wildman–Crippen LogP) is 3.70. The van der Waals surface area contributed by atoms with Crippen LogP contribution in [0.5, 0.6) is 11.5 Å². The fourth-order valence-corrected chi connectivity index (χ4v) is 3.52. The van der Waals surface area contributed by atoms with Gasteiger partial charge in [-0.1, -0.05) is 23.9 Å².